The number of urea groups is 2. The van der Waals surface area contributed by atoms with Crippen LogP contribution in [0.3, 0.4) is 0 Å². The second kappa shape index (κ2) is 7.07. The first-order valence-corrected chi connectivity index (χ1v) is 8.97. The lowest BCUT2D eigenvalue weighted by Gasteiger charge is -2.08. The minimum atomic E-state index is -0.0246. The molecular weight excluding hydrogens is 328 g/mol. The maximum absolute atomic E-state index is 11.7. The number of hydrogen-bond acceptors (Lipinski definition) is 2. The highest BCUT2D eigenvalue weighted by Gasteiger charge is 2.24. The molecule has 2 saturated heterocycles. The number of benzene rings is 2. The topological polar surface area (TPSA) is 64.2 Å². The molecule has 0 aromatic heterocycles. The second-order valence-electron chi connectivity index (χ2n) is 6.73. The molecule has 0 aliphatic carbocycles. The first-order valence-electron chi connectivity index (χ1n) is 8.97. The molecule has 0 atom stereocenters. The lowest BCUT2D eigenvalue weighted by molar-refractivity contribution is 0.241. The summed E-state index contributed by atoms with van der Waals surface area (Å²) in [5.74, 6) is 0. The van der Waals surface area contributed by atoms with E-state index in [1.807, 2.05) is 24.3 Å². The second-order valence-corrected chi connectivity index (χ2v) is 6.73. The van der Waals surface area contributed by atoms with Gasteiger partial charge in [0.1, 0.15) is 0 Å². The molecular formula is C20H22N4O2. The fourth-order valence-corrected chi connectivity index (χ4v) is 2.71. The van der Waals surface area contributed by atoms with Crippen LogP contribution >= 0.6 is 0 Å². The molecule has 0 saturated carbocycles. The molecule has 2 fully saturated rings. The minimum Gasteiger partial charge on any atom is -0.321 e. The Balaban J connectivity index is 1.26. The Hall–Kier alpha value is -3.02. The summed E-state index contributed by atoms with van der Waals surface area (Å²) in [6.45, 7) is 3.41. The molecule has 26 heavy (non-hydrogen) atoms. The molecule has 134 valence electrons. The van der Waals surface area contributed by atoms with Crippen molar-refractivity contribution < 1.29 is 9.59 Å². The fraction of sp³-hybridized carbons (Fsp3) is 0.300. The summed E-state index contributed by atoms with van der Waals surface area (Å²) in [4.78, 5) is 26.9. The van der Waals surface area contributed by atoms with Crippen LogP contribution in [0.15, 0.2) is 48.5 Å². The van der Waals surface area contributed by atoms with Crippen LogP contribution in [-0.4, -0.2) is 48.0 Å². The number of carbonyl (C=O) groups excluding carboxylic acids is 2. The molecule has 0 spiro atoms. The number of anilines is 2. The van der Waals surface area contributed by atoms with Gasteiger partial charge in [-0.25, -0.2) is 9.59 Å². The average Bonchev–Trinajstić information content (AvgIpc) is 3.54. The number of amides is 4. The van der Waals surface area contributed by atoms with Crippen LogP contribution in [0.1, 0.15) is 11.1 Å². The molecule has 0 unspecified atom stereocenters. The molecule has 0 bridgehead atoms. The zero-order valence-electron chi connectivity index (χ0n) is 14.6. The molecule has 2 aromatic carbocycles. The van der Waals surface area contributed by atoms with Crippen molar-refractivity contribution in [3.63, 3.8) is 0 Å². The lowest BCUT2D eigenvalue weighted by Crippen LogP contribution is -2.18. The van der Waals surface area contributed by atoms with E-state index in [2.05, 4.69) is 34.9 Å². The van der Waals surface area contributed by atoms with Gasteiger partial charge in [0, 0.05) is 37.6 Å². The van der Waals surface area contributed by atoms with E-state index >= 15 is 0 Å². The number of aryl methyl sites for hydroxylation is 2. The zero-order chi connectivity index (χ0) is 17.9. The molecule has 2 aliphatic heterocycles. The van der Waals surface area contributed by atoms with Crippen molar-refractivity contribution in [2.24, 2.45) is 0 Å². The summed E-state index contributed by atoms with van der Waals surface area (Å²) < 4.78 is 0. The van der Waals surface area contributed by atoms with E-state index in [1.165, 1.54) is 11.1 Å². The van der Waals surface area contributed by atoms with Gasteiger partial charge in [-0.1, -0.05) is 24.3 Å². The van der Waals surface area contributed by atoms with E-state index in [0.717, 1.165) is 50.4 Å². The third-order valence-corrected chi connectivity index (χ3v) is 4.58. The number of carbonyl (C=O) groups is 2. The van der Waals surface area contributed by atoms with Gasteiger partial charge in [-0.05, 0) is 48.2 Å². The van der Waals surface area contributed by atoms with Crippen molar-refractivity contribution in [2.75, 3.05) is 36.8 Å². The van der Waals surface area contributed by atoms with Gasteiger partial charge in [0.05, 0.1) is 0 Å². The van der Waals surface area contributed by atoms with Crippen LogP contribution in [0.25, 0.3) is 0 Å². The predicted octanol–water partition coefficient (Wildman–Crippen LogP) is 3.17. The Morgan fingerprint density at radius 2 is 1.00 bits per heavy atom. The van der Waals surface area contributed by atoms with Gasteiger partial charge in [0.2, 0.25) is 0 Å². The van der Waals surface area contributed by atoms with Crippen LogP contribution in [0, 0.1) is 0 Å². The molecule has 4 amide bonds. The summed E-state index contributed by atoms with van der Waals surface area (Å²) in [6, 6.07) is 15.9. The first-order chi connectivity index (χ1) is 12.7. The molecule has 2 heterocycles. The normalized spacial score (nSPS) is 14.8. The maximum Gasteiger partial charge on any atom is 0.321 e. The van der Waals surface area contributed by atoms with Gasteiger partial charge in [-0.3, -0.25) is 0 Å². The maximum atomic E-state index is 11.7. The highest BCUT2D eigenvalue weighted by molar-refractivity contribution is 5.91. The molecule has 6 heteroatoms. The van der Waals surface area contributed by atoms with E-state index in [-0.39, 0.29) is 12.1 Å². The SMILES string of the molecule is O=C(Nc1ccc(CCc2ccc(NC(=O)N3CC3)cc2)cc1)N1CC1. The molecule has 4 rings (SSSR count). The van der Waals surface area contributed by atoms with Crippen LogP contribution in [0.2, 0.25) is 0 Å². The van der Waals surface area contributed by atoms with E-state index in [9.17, 15) is 9.59 Å². The average molecular weight is 350 g/mol. The standard InChI is InChI=1S/C20H22N4O2/c25-19(23-11-12-23)21-17-7-3-15(4-8-17)1-2-16-5-9-18(10-6-16)22-20(26)24-13-14-24/h3-10H,1-2,11-14H2,(H,21,25)(H,22,26). The van der Waals surface area contributed by atoms with Gasteiger partial charge in [-0.2, -0.15) is 0 Å². The van der Waals surface area contributed by atoms with E-state index in [0.29, 0.717) is 0 Å². The lowest BCUT2D eigenvalue weighted by atomic mass is 10.0. The van der Waals surface area contributed by atoms with Gasteiger partial charge in [0.25, 0.3) is 0 Å². The third kappa shape index (κ3) is 4.33. The molecule has 0 radical (unpaired) electrons. The Bertz CT molecular complexity index is 724. The van der Waals surface area contributed by atoms with E-state index in [4.69, 9.17) is 0 Å². The van der Waals surface area contributed by atoms with Gasteiger partial charge < -0.3 is 20.4 Å². The number of rotatable bonds is 5. The van der Waals surface area contributed by atoms with Gasteiger partial charge in [0.15, 0.2) is 0 Å². The Morgan fingerprint density at radius 1 is 0.654 bits per heavy atom. The third-order valence-electron chi connectivity index (χ3n) is 4.58. The summed E-state index contributed by atoms with van der Waals surface area (Å²) in [6.07, 6.45) is 1.86. The van der Waals surface area contributed by atoms with E-state index < -0.39 is 0 Å². The molecule has 2 N–H and O–H groups in total. The summed E-state index contributed by atoms with van der Waals surface area (Å²) in [5.41, 5.74) is 4.12. The predicted molar refractivity (Wildman–Crippen MR) is 101 cm³/mol. The molecule has 2 aromatic rings. The Morgan fingerprint density at radius 3 is 1.31 bits per heavy atom. The Kier molecular flexibility index (Phi) is 4.48. The smallest absolute Gasteiger partial charge is 0.321 e. The van der Waals surface area contributed by atoms with Crippen LogP contribution < -0.4 is 10.6 Å². The van der Waals surface area contributed by atoms with Crippen LogP contribution in [0.5, 0.6) is 0 Å². The minimum absolute atomic E-state index is 0.0246. The van der Waals surface area contributed by atoms with Crippen molar-refractivity contribution in [3.8, 4) is 0 Å². The largest absolute Gasteiger partial charge is 0.321 e. The highest BCUT2D eigenvalue weighted by atomic mass is 16.2. The van der Waals surface area contributed by atoms with Crippen molar-refractivity contribution in [3.05, 3.63) is 59.7 Å². The fourth-order valence-electron chi connectivity index (χ4n) is 2.71. The zero-order valence-corrected chi connectivity index (χ0v) is 14.6. The molecule has 6 nitrogen and oxygen atoms in total. The number of hydrogen-bond donors (Lipinski definition) is 2. The van der Waals surface area contributed by atoms with Crippen molar-refractivity contribution in [1.82, 2.24) is 9.80 Å². The number of nitrogens with zero attached hydrogens (tertiary/aromatic N) is 2. The van der Waals surface area contributed by atoms with Gasteiger partial charge >= 0.3 is 12.1 Å². The summed E-state index contributed by atoms with van der Waals surface area (Å²) in [7, 11) is 0. The van der Waals surface area contributed by atoms with Crippen LogP contribution in [0.4, 0.5) is 21.0 Å². The summed E-state index contributed by atoms with van der Waals surface area (Å²) >= 11 is 0. The van der Waals surface area contributed by atoms with Crippen molar-refractivity contribution >= 4 is 23.4 Å². The monoisotopic (exact) mass is 350 g/mol. The first kappa shape index (κ1) is 16.4. The number of nitrogens with one attached hydrogen (secondary N) is 2. The Labute approximate surface area is 152 Å². The van der Waals surface area contributed by atoms with Crippen molar-refractivity contribution in [1.29, 1.82) is 0 Å². The van der Waals surface area contributed by atoms with Crippen LogP contribution in [-0.2, 0) is 12.8 Å². The highest BCUT2D eigenvalue weighted by Crippen LogP contribution is 2.16. The summed E-state index contributed by atoms with van der Waals surface area (Å²) in [5, 5.41) is 5.78. The van der Waals surface area contributed by atoms with Crippen molar-refractivity contribution in [2.45, 2.75) is 12.8 Å². The quantitative estimate of drug-likeness (QED) is 0.814. The van der Waals surface area contributed by atoms with Gasteiger partial charge in [-0.15, -0.1) is 0 Å². The van der Waals surface area contributed by atoms with E-state index in [1.54, 1.807) is 9.80 Å². The molecule has 2 aliphatic rings.